The van der Waals surface area contributed by atoms with Gasteiger partial charge in [0.1, 0.15) is 0 Å². The number of rotatable bonds is 10. The predicted molar refractivity (Wildman–Crippen MR) is 74.7 cm³/mol. The van der Waals surface area contributed by atoms with Gasteiger partial charge in [0, 0.05) is 34.5 Å². The quantitative estimate of drug-likeness (QED) is 0.577. The summed E-state index contributed by atoms with van der Waals surface area (Å²) in [5.41, 5.74) is 0. The summed E-state index contributed by atoms with van der Waals surface area (Å²) in [5.74, 6) is 0. The second kappa shape index (κ2) is 8.39. The lowest BCUT2D eigenvalue weighted by atomic mass is 10.6. The Morgan fingerprint density at radius 2 is 1.18 bits per heavy atom. The zero-order valence-electron chi connectivity index (χ0n) is 12.2. The molecule has 0 aliphatic heterocycles. The topological polar surface area (TPSA) is 36.9 Å². The molecule has 0 unspecified atom stereocenters. The highest BCUT2D eigenvalue weighted by Gasteiger charge is 2.38. The van der Waals surface area contributed by atoms with Gasteiger partial charge in [-0.3, -0.25) is 0 Å². The van der Waals surface area contributed by atoms with Gasteiger partial charge in [0.25, 0.3) is 0 Å². The molecule has 0 atom stereocenters. The van der Waals surface area contributed by atoms with Gasteiger partial charge in [0.2, 0.25) is 0 Å². The highest BCUT2D eigenvalue weighted by molar-refractivity contribution is 6.73. The Morgan fingerprint density at radius 1 is 0.706 bits per heavy atom. The lowest BCUT2D eigenvalue weighted by molar-refractivity contribution is 0.123. The summed E-state index contributed by atoms with van der Waals surface area (Å²) in [7, 11) is 2.96. The van der Waals surface area contributed by atoms with Crippen molar-refractivity contribution in [1.82, 2.24) is 0 Å². The molecular weight excluding hydrogens is 252 g/mol. The van der Waals surface area contributed by atoms with Gasteiger partial charge in [0.05, 0.1) is 0 Å². The first-order valence-electron chi connectivity index (χ1n) is 6.28. The highest BCUT2D eigenvalue weighted by Crippen LogP contribution is 2.26. The molecular formula is C11H28O4Si2. The third-order valence-electron chi connectivity index (χ3n) is 3.77. The van der Waals surface area contributed by atoms with Crippen molar-refractivity contribution in [3.05, 3.63) is 0 Å². The minimum Gasteiger partial charge on any atom is -0.420 e. The molecule has 0 aliphatic carbocycles. The summed E-state index contributed by atoms with van der Waals surface area (Å²) in [6, 6.07) is 4.36. The van der Waals surface area contributed by atoms with Crippen LogP contribution in [-0.2, 0) is 17.7 Å². The molecule has 0 N–H and O–H groups in total. The monoisotopic (exact) mass is 280 g/mol. The van der Waals surface area contributed by atoms with Crippen LogP contribution in [0.25, 0.3) is 0 Å². The maximum absolute atomic E-state index is 5.78. The normalized spacial score (nSPS) is 13.1. The van der Waals surface area contributed by atoms with Gasteiger partial charge < -0.3 is 17.7 Å². The molecule has 0 bridgehead atoms. The van der Waals surface area contributed by atoms with Crippen LogP contribution in [0.1, 0.15) is 20.3 Å². The van der Waals surface area contributed by atoms with Crippen LogP contribution in [0.2, 0.25) is 24.2 Å². The van der Waals surface area contributed by atoms with Gasteiger partial charge in [-0.15, -0.1) is 0 Å². The largest absolute Gasteiger partial charge is 0.500 e. The molecule has 0 spiro atoms. The minimum absolute atomic E-state index is 0.870. The summed E-state index contributed by atoms with van der Waals surface area (Å²) in [4.78, 5) is 0. The van der Waals surface area contributed by atoms with E-state index in [1.807, 2.05) is 7.11 Å². The van der Waals surface area contributed by atoms with Gasteiger partial charge in [0.15, 0.2) is 8.32 Å². The SMILES string of the molecule is CC[Si](CC)(CCC[Si](OC)(OC)OC)OC. The highest BCUT2D eigenvalue weighted by atomic mass is 28.4. The summed E-state index contributed by atoms with van der Waals surface area (Å²) >= 11 is 0. The van der Waals surface area contributed by atoms with Crippen LogP contribution >= 0.6 is 0 Å². The van der Waals surface area contributed by atoms with Crippen LogP contribution in [0.4, 0.5) is 0 Å². The number of hydrogen-bond acceptors (Lipinski definition) is 4. The summed E-state index contributed by atoms with van der Waals surface area (Å²) in [5, 5.41) is 0. The van der Waals surface area contributed by atoms with Gasteiger partial charge in [-0.25, -0.2) is 0 Å². The van der Waals surface area contributed by atoms with Gasteiger partial charge in [-0.1, -0.05) is 13.8 Å². The second-order valence-electron chi connectivity index (χ2n) is 4.24. The van der Waals surface area contributed by atoms with Crippen molar-refractivity contribution < 1.29 is 17.7 Å². The first-order valence-corrected chi connectivity index (χ1v) is 10.7. The second-order valence-corrected chi connectivity index (χ2v) is 12.0. The fourth-order valence-corrected chi connectivity index (χ4v) is 7.06. The lowest BCUT2D eigenvalue weighted by Gasteiger charge is -2.29. The fraction of sp³-hybridized carbons (Fsp3) is 1.00. The third-order valence-corrected chi connectivity index (χ3v) is 11.3. The standard InChI is InChI=1S/C11H28O4Si2/c1-7-16(8-2,12-3)10-9-11-17(13-4,14-5)15-6/h7-11H2,1-6H3. The van der Waals surface area contributed by atoms with Crippen molar-refractivity contribution in [2.45, 2.75) is 44.4 Å². The third kappa shape index (κ3) is 4.80. The number of hydrogen-bond donors (Lipinski definition) is 0. The Morgan fingerprint density at radius 3 is 1.47 bits per heavy atom. The molecule has 0 aromatic rings. The molecule has 0 amide bonds. The van der Waals surface area contributed by atoms with E-state index in [9.17, 15) is 0 Å². The molecule has 0 fully saturated rings. The smallest absolute Gasteiger partial charge is 0.420 e. The Kier molecular flexibility index (Phi) is 8.52. The van der Waals surface area contributed by atoms with Crippen LogP contribution in [-0.4, -0.2) is 45.6 Å². The van der Waals surface area contributed by atoms with Crippen molar-refractivity contribution in [3.8, 4) is 0 Å². The molecule has 0 saturated carbocycles. The van der Waals surface area contributed by atoms with E-state index in [0.29, 0.717) is 0 Å². The molecule has 0 aliphatic rings. The van der Waals surface area contributed by atoms with Crippen LogP contribution in [0, 0.1) is 0 Å². The van der Waals surface area contributed by atoms with Crippen molar-refractivity contribution in [2.75, 3.05) is 28.4 Å². The van der Waals surface area contributed by atoms with E-state index >= 15 is 0 Å². The van der Waals surface area contributed by atoms with E-state index in [0.717, 1.165) is 18.5 Å². The maximum Gasteiger partial charge on any atom is 0.500 e. The van der Waals surface area contributed by atoms with Crippen molar-refractivity contribution >= 4 is 17.1 Å². The van der Waals surface area contributed by atoms with Crippen molar-refractivity contribution in [3.63, 3.8) is 0 Å². The van der Waals surface area contributed by atoms with E-state index in [1.54, 1.807) is 21.3 Å². The fourth-order valence-electron chi connectivity index (χ4n) is 2.18. The molecule has 0 rings (SSSR count). The average molecular weight is 281 g/mol. The summed E-state index contributed by atoms with van der Waals surface area (Å²) < 4.78 is 22.0. The Hall–Kier alpha value is 0.274. The Labute approximate surface area is 108 Å². The lowest BCUT2D eigenvalue weighted by Crippen LogP contribution is -2.43. The van der Waals surface area contributed by atoms with E-state index in [1.165, 1.54) is 12.1 Å². The van der Waals surface area contributed by atoms with Crippen LogP contribution in [0.5, 0.6) is 0 Å². The summed E-state index contributed by atoms with van der Waals surface area (Å²) in [6.07, 6.45) is 1.06. The van der Waals surface area contributed by atoms with Gasteiger partial charge in [-0.2, -0.15) is 0 Å². The maximum atomic E-state index is 5.78. The first-order chi connectivity index (χ1) is 8.07. The van der Waals surface area contributed by atoms with E-state index in [2.05, 4.69) is 13.8 Å². The van der Waals surface area contributed by atoms with Crippen LogP contribution in [0.3, 0.4) is 0 Å². The zero-order valence-corrected chi connectivity index (χ0v) is 14.2. The molecule has 104 valence electrons. The molecule has 0 radical (unpaired) electrons. The zero-order chi connectivity index (χ0) is 13.4. The molecule has 17 heavy (non-hydrogen) atoms. The van der Waals surface area contributed by atoms with Gasteiger partial charge >= 0.3 is 8.80 Å². The summed E-state index contributed by atoms with van der Waals surface area (Å²) in [6.45, 7) is 4.46. The van der Waals surface area contributed by atoms with E-state index in [-0.39, 0.29) is 0 Å². The molecule has 6 heteroatoms. The van der Waals surface area contributed by atoms with Gasteiger partial charge in [-0.05, 0) is 24.6 Å². The van der Waals surface area contributed by atoms with Crippen LogP contribution < -0.4 is 0 Å². The Balaban J connectivity index is 4.28. The van der Waals surface area contributed by atoms with Crippen LogP contribution in [0.15, 0.2) is 0 Å². The molecule has 0 aromatic heterocycles. The predicted octanol–water partition coefficient (Wildman–Crippen LogP) is 2.89. The Bertz CT molecular complexity index is 157. The molecule has 0 saturated heterocycles. The molecule has 4 nitrogen and oxygen atoms in total. The first kappa shape index (κ1) is 17.3. The van der Waals surface area contributed by atoms with Crippen molar-refractivity contribution in [1.29, 1.82) is 0 Å². The molecule has 0 aromatic carbocycles. The van der Waals surface area contributed by atoms with Crippen molar-refractivity contribution in [2.24, 2.45) is 0 Å². The molecule has 0 heterocycles. The average Bonchev–Trinajstić information content (AvgIpc) is 2.41. The van der Waals surface area contributed by atoms with E-state index < -0.39 is 17.1 Å². The van der Waals surface area contributed by atoms with E-state index in [4.69, 9.17) is 17.7 Å². The minimum atomic E-state index is -2.39.